The van der Waals surface area contributed by atoms with Crippen LogP contribution in [0, 0.1) is 5.92 Å². The van der Waals surface area contributed by atoms with Crippen LogP contribution in [0.1, 0.15) is 43.2 Å². The molecule has 1 aliphatic heterocycles. The van der Waals surface area contributed by atoms with Crippen molar-refractivity contribution in [2.75, 3.05) is 13.1 Å². The van der Waals surface area contributed by atoms with E-state index in [1.54, 1.807) is 30.3 Å². The third-order valence-corrected chi connectivity index (χ3v) is 6.55. The van der Waals surface area contributed by atoms with E-state index < -0.39 is 11.6 Å². The summed E-state index contributed by atoms with van der Waals surface area (Å²) in [4.78, 5) is 19.5. The number of likely N-dealkylation sites (tertiary alicyclic amines) is 1. The molecule has 0 bridgehead atoms. The number of guanidine groups is 1. The molecule has 2 aromatic rings. The molecule has 1 heterocycles. The van der Waals surface area contributed by atoms with E-state index in [9.17, 15) is 15.0 Å². The molecule has 2 atom stereocenters. The first-order valence-corrected chi connectivity index (χ1v) is 11.3. The Morgan fingerprint density at radius 2 is 1.88 bits per heavy atom. The fraction of sp³-hybridized carbons (Fsp3) is 0.440. The van der Waals surface area contributed by atoms with Crippen molar-refractivity contribution in [2.45, 2.75) is 50.4 Å². The average Bonchev–Trinajstić information content (AvgIpc) is 3.50. The van der Waals surface area contributed by atoms with E-state index in [-0.39, 0.29) is 17.8 Å². The van der Waals surface area contributed by atoms with E-state index in [1.165, 1.54) is 0 Å². The Hall–Kier alpha value is -3.06. The van der Waals surface area contributed by atoms with Gasteiger partial charge >= 0.3 is 5.97 Å². The van der Waals surface area contributed by atoms with Gasteiger partial charge in [-0.2, -0.15) is 0 Å². The Balaban J connectivity index is 1.40. The van der Waals surface area contributed by atoms with Crippen molar-refractivity contribution in [1.29, 1.82) is 0 Å². The van der Waals surface area contributed by atoms with Crippen LogP contribution in [0.4, 0.5) is 0 Å². The number of phenolic OH excluding ortho intramolecular Hbond substituents is 1. The number of esters is 1. The van der Waals surface area contributed by atoms with Crippen LogP contribution in [0.5, 0.6) is 5.75 Å². The van der Waals surface area contributed by atoms with Gasteiger partial charge in [0.25, 0.3) is 0 Å². The summed E-state index contributed by atoms with van der Waals surface area (Å²) >= 11 is 0. The Kier molecular flexibility index (Phi) is 6.65. The summed E-state index contributed by atoms with van der Waals surface area (Å²) in [7, 11) is 0. The number of benzene rings is 2. The van der Waals surface area contributed by atoms with Crippen molar-refractivity contribution in [3.8, 4) is 5.75 Å². The van der Waals surface area contributed by atoms with Crippen LogP contribution >= 0.6 is 0 Å². The summed E-state index contributed by atoms with van der Waals surface area (Å²) in [5, 5.41) is 21.1. The Labute approximate surface area is 188 Å². The van der Waals surface area contributed by atoms with Crippen LogP contribution < -0.4 is 5.73 Å². The maximum absolute atomic E-state index is 13.3. The zero-order valence-corrected chi connectivity index (χ0v) is 18.2. The summed E-state index contributed by atoms with van der Waals surface area (Å²) < 4.78 is 5.83. The molecule has 1 saturated heterocycles. The highest BCUT2D eigenvalue weighted by atomic mass is 16.6. The van der Waals surface area contributed by atoms with E-state index in [1.807, 2.05) is 29.2 Å². The van der Waals surface area contributed by atoms with Gasteiger partial charge in [-0.15, -0.1) is 0 Å². The second kappa shape index (κ2) is 9.61. The highest BCUT2D eigenvalue weighted by Gasteiger charge is 2.48. The largest absolute Gasteiger partial charge is 0.508 e. The predicted octanol–water partition coefficient (Wildman–Crippen LogP) is 2.90. The molecule has 0 spiro atoms. The lowest BCUT2D eigenvalue weighted by Crippen LogP contribution is -2.45. The number of carbonyl (C=O) groups is 1. The van der Waals surface area contributed by atoms with Crippen LogP contribution in [0.25, 0.3) is 0 Å². The van der Waals surface area contributed by atoms with Gasteiger partial charge < -0.3 is 25.6 Å². The highest BCUT2D eigenvalue weighted by molar-refractivity contribution is 5.82. The molecule has 1 saturated carbocycles. The van der Waals surface area contributed by atoms with E-state index in [0.717, 1.165) is 31.2 Å². The number of phenols is 1. The molecule has 1 unspecified atom stereocenters. The van der Waals surface area contributed by atoms with Crippen LogP contribution in [0.15, 0.2) is 59.6 Å². The van der Waals surface area contributed by atoms with E-state index in [4.69, 9.17) is 10.5 Å². The van der Waals surface area contributed by atoms with E-state index >= 15 is 0 Å². The third kappa shape index (κ3) is 4.72. The molecule has 32 heavy (non-hydrogen) atoms. The first-order chi connectivity index (χ1) is 15.5. The lowest BCUT2D eigenvalue weighted by molar-refractivity contribution is -0.178. The van der Waals surface area contributed by atoms with Crippen LogP contribution in [-0.2, 0) is 21.7 Å². The van der Waals surface area contributed by atoms with Crippen molar-refractivity contribution in [3.05, 3.63) is 65.7 Å². The number of rotatable bonds is 6. The molecule has 7 heteroatoms. The van der Waals surface area contributed by atoms with Crippen molar-refractivity contribution in [3.63, 3.8) is 0 Å². The Morgan fingerprint density at radius 1 is 1.12 bits per heavy atom. The van der Waals surface area contributed by atoms with E-state index in [0.29, 0.717) is 37.6 Å². The van der Waals surface area contributed by atoms with Crippen LogP contribution in [0.3, 0.4) is 0 Å². The van der Waals surface area contributed by atoms with Gasteiger partial charge in [-0.25, -0.2) is 9.79 Å². The van der Waals surface area contributed by atoms with Gasteiger partial charge in [-0.05, 0) is 36.1 Å². The number of carbonyl (C=O) groups excluding carboxylic acids is 1. The van der Waals surface area contributed by atoms with Gasteiger partial charge in [-0.3, -0.25) is 0 Å². The SMILES string of the molecule is NC(=NCc1cccc(O)c1)N1CCC(OC(=O)[C@](O)(c2ccccc2)C2CCCC2)C1. The van der Waals surface area contributed by atoms with Gasteiger partial charge in [0.1, 0.15) is 11.9 Å². The molecular formula is C25H31N3O4. The molecule has 4 rings (SSSR count). The smallest absolute Gasteiger partial charge is 0.343 e. The summed E-state index contributed by atoms with van der Waals surface area (Å²) in [5.74, 6) is -0.139. The topological polar surface area (TPSA) is 108 Å². The lowest BCUT2D eigenvalue weighted by atomic mass is 9.80. The van der Waals surface area contributed by atoms with Crippen molar-refractivity contribution in [1.82, 2.24) is 4.90 Å². The zero-order valence-electron chi connectivity index (χ0n) is 18.2. The van der Waals surface area contributed by atoms with Crippen LogP contribution in [0.2, 0.25) is 0 Å². The standard InChI is InChI=1S/C25H31N3O4/c26-24(27-16-18-7-6-12-21(29)15-18)28-14-13-22(17-28)32-23(30)25(31,20-10-4-5-11-20)19-8-2-1-3-9-19/h1-3,6-9,12,15,20,22,29,31H,4-5,10-11,13-14,16-17H2,(H2,26,27)/t22?,25-/m0/s1. The monoisotopic (exact) mass is 437 g/mol. The quantitative estimate of drug-likeness (QED) is 0.364. The number of hydrogen-bond donors (Lipinski definition) is 3. The highest BCUT2D eigenvalue weighted by Crippen LogP contribution is 2.41. The number of aliphatic hydroxyl groups is 1. The molecule has 2 aliphatic rings. The van der Waals surface area contributed by atoms with E-state index in [2.05, 4.69) is 4.99 Å². The maximum atomic E-state index is 13.3. The van der Waals surface area contributed by atoms with Gasteiger partial charge in [-0.1, -0.05) is 55.3 Å². The van der Waals surface area contributed by atoms with Crippen molar-refractivity contribution >= 4 is 11.9 Å². The van der Waals surface area contributed by atoms with Crippen LogP contribution in [-0.4, -0.2) is 46.2 Å². The summed E-state index contributed by atoms with van der Waals surface area (Å²) in [5.41, 5.74) is 5.99. The molecule has 4 N–H and O–H groups in total. The van der Waals surface area contributed by atoms with Gasteiger partial charge in [0, 0.05) is 18.9 Å². The normalized spacial score (nSPS) is 21.5. The summed E-state index contributed by atoms with van der Waals surface area (Å²) in [6.07, 6.45) is 3.92. The molecule has 0 amide bonds. The number of hydrogen-bond acceptors (Lipinski definition) is 5. The molecule has 2 fully saturated rings. The molecule has 2 aromatic carbocycles. The number of nitrogens with two attached hydrogens (primary N) is 1. The van der Waals surface area contributed by atoms with Gasteiger partial charge in [0.05, 0.1) is 13.1 Å². The van der Waals surface area contributed by atoms with Crippen molar-refractivity contribution in [2.24, 2.45) is 16.6 Å². The Bertz CT molecular complexity index is 959. The zero-order chi connectivity index (χ0) is 22.6. The minimum absolute atomic E-state index is 0.135. The first-order valence-electron chi connectivity index (χ1n) is 11.3. The fourth-order valence-electron chi connectivity index (χ4n) is 4.76. The molecule has 1 aliphatic carbocycles. The molecule has 7 nitrogen and oxygen atoms in total. The lowest BCUT2D eigenvalue weighted by Gasteiger charge is -2.33. The maximum Gasteiger partial charge on any atom is 0.343 e. The second-order valence-corrected chi connectivity index (χ2v) is 8.72. The minimum atomic E-state index is -1.62. The number of aliphatic imine (C=N–C) groups is 1. The first kappa shape index (κ1) is 22.1. The summed E-state index contributed by atoms with van der Waals surface area (Å²) in [6, 6.07) is 16.0. The average molecular weight is 438 g/mol. The molecule has 170 valence electrons. The number of aromatic hydroxyl groups is 1. The fourth-order valence-corrected chi connectivity index (χ4v) is 4.76. The summed E-state index contributed by atoms with van der Waals surface area (Å²) in [6.45, 7) is 1.42. The molecular weight excluding hydrogens is 406 g/mol. The number of nitrogens with zero attached hydrogens (tertiary/aromatic N) is 2. The Morgan fingerprint density at radius 3 is 2.59 bits per heavy atom. The van der Waals surface area contributed by atoms with Gasteiger partial charge in [0.15, 0.2) is 11.6 Å². The number of ether oxygens (including phenoxy) is 1. The van der Waals surface area contributed by atoms with Crippen molar-refractivity contribution < 1.29 is 19.7 Å². The minimum Gasteiger partial charge on any atom is -0.508 e. The second-order valence-electron chi connectivity index (χ2n) is 8.72. The van der Waals surface area contributed by atoms with Gasteiger partial charge in [0.2, 0.25) is 0 Å². The third-order valence-electron chi connectivity index (χ3n) is 6.55. The molecule has 0 aromatic heterocycles. The molecule has 0 radical (unpaired) electrons. The predicted molar refractivity (Wildman–Crippen MR) is 122 cm³/mol.